The van der Waals surface area contributed by atoms with Crippen LogP contribution in [0.25, 0.3) is 10.9 Å². The molecule has 1 heterocycles. The van der Waals surface area contributed by atoms with Crippen molar-refractivity contribution in [3.63, 3.8) is 0 Å². The Morgan fingerprint density at radius 2 is 2.00 bits per heavy atom. The van der Waals surface area contributed by atoms with E-state index in [0.717, 1.165) is 16.5 Å². The molecule has 3 N–H and O–H groups in total. The summed E-state index contributed by atoms with van der Waals surface area (Å²) >= 11 is 6.20. The van der Waals surface area contributed by atoms with Crippen LogP contribution < -0.4 is 11.2 Å². The third-order valence-electron chi connectivity index (χ3n) is 3.57. The van der Waals surface area contributed by atoms with Gasteiger partial charge in [0, 0.05) is 22.2 Å². The highest BCUT2D eigenvalue weighted by Crippen LogP contribution is 2.21. The quantitative estimate of drug-likeness (QED) is 0.332. The van der Waals surface area contributed by atoms with Gasteiger partial charge in [0.15, 0.2) is 0 Å². The average Bonchev–Trinajstić information content (AvgIpc) is 2.57. The van der Waals surface area contributed by atoms with Gasteiger partial charge in [0.25, 0.3) is 5.91 Å². The number of rotatable bonds is 3. The molecule has 0 aliphatic carbocycles. The third-order valence-corrected chi connectivity index (χ3v) is 3.87. The highest BCUT2D eigenvalue weighted by molar-refractivity contribution is 6.32. The summed E-state index contributed by atoms with van der Waals surface area (Å²) in [5.41, 5.74) is 11.7. The zero-order chi connectivity index (χ0) is 17.1. The van der Waals surface area contributed by atoms with Gasteiger partial charge in [-0.1, -0.05) is 29.8 Å². The van der Waals surface area contributed by atoms with E-state index in [2.05, 4.69) is 15.5 Å². The average molecular weight is 339 g/mol. The normalized spacial score (nSPS) is 11.1. The number of amides is 1. The first kappa shape index (κ1) is 16.0. The predicted molar refractivity (Wildman–Crippen MR) is 97.4 cm³/mol. The van der Waals surface area contributed by atoms with Crippen LogP contribution in [0.4, 0.5) is 5.69 Å². The van der Waals surface area contributed by atoms with Crippen LogP contribution in [0, 0.1) is 6.92 Å². The zero-order valence-electron chi connectivity index (χ0n) is 13.0. The van der Waals surface area contributed by atoms with E-state index in [-0.39, 0.29) is 5.91 Å². The van der Waals surface area contributed by atoms with E-state index in [1.807, 2.05) is 31.2 Å². The molecule has 6 heteroatoms. The van der Waals surface area contributed by atoms with Crippen molar-refractivity contribution in [3.05, 3.63) is 70.4 Å². The zero-order valence-corrected chi connectivity index (χ0v) is 13.7. The number of fused-ring (bicyclic) bond motifs is 1. The van der Waals surface area contributed by atoms with Crippen LogP contribution in [-0.4, -0.2) is 17.1 Å². The van der Waals surface area contributed by atoms with Gasteiger partial charge in [-0.3, -0.25) is 4.79 Å². The number of hydrogen-bond acceptors (Lipinski definition) is 4. The summed E-state index contributed by atoms with van der Waals surface area (Å²) in [7, 11) is 0. The van der Waals surface area contributed by atoms with E-state index >= 15 is 0 Å². The third kappa shape index (κ3) is 3.36. The number of nitrogen functional groups attached to an aromatic ring is 1. The van der Waals surface area contributed by atoms with Crippen molar-refractivity contribution in [1.29, 1.82) is 0 Å². The smallest absolute Gasteiger partial charge is 0.271 e. The molecule has 0 bridgehead atoms. The van der Waals surface area contributed by atoms with Crippen LogP contribution in [0.3, 0.4) is 0 Å². The first-order valence-corrected chi connectivity index (χ1v) is 7.67. The Morgan fingerprint density at radius 1 is 1.25 bits per heavy atom. The van der Waals surface area contributed by atoms with E-state index in [1.165, 1.54) is 6.21 Å². The molecule has 0 atom stereocenters. The topological polar surface area (TPSA) is 80.4 Å². The number of para-hydroxylation sites is 1. The summed E-state index contributed by atoms with van der Waals surface area (Å²) in [6.07, 6.45) is 1.48. The number of nitrogens with two attached hydrogens (primary N) is 1. The maximum atomic E-state index is 12.0. The summed E-state index contributed by atoms with van der Waals surface area (Å²) < 4.78 is 0. The second-order valence-corrected chi connectivity index (χ2v) is 5.69. The van der Waals surface area contributed by atoms with Gasteiger partial charge in [-0.25, -0.2) is 10.4 Å². The molecule has 3 aromatic rings. The Balaban J connectivity index is 1.79. The van der Waals surface area contributed by atoms with Crippen molar-refractivity contribution in [2.75, 3.05) is 5.73 Å². The molecule has 0 saturated carbocycles. The molecule has 3 rings (SSSR count). The molecular formula is C18H15ClN4O. The fourth-order valence-corrected chi connectivity index (χ4v) is 2.48. The van der Waals surface area contributed by atoms with Gasteiger partial charge >= 0.3 is 0 Å². The van der Waals surface area contributed by atoms with Gasteiger partial charge in [-0.15, -0.1) is 0 Å². The standard InChI is InChI=1S/C18H15ClN4O/c1-11-3-2-4-13-9-14(17(19)22-16(11)13)10-21-23-18(24)12-5-7-15(20)8-6-12/h2-10H,20H2,1H3,(H,23,24)/b21-10-. The lowest BCUT2D eigenvalue weighted by Crippen LogP contribution is -2.17. The first-order chi connectivity index (χ1) is 11.5. The molecule has 0 aliphatic heterocycles. The number of aromatic nitrogens is 1. The Bertz CT molecular complexity index is 936. The van der Waals surface area contributed by atoms with Gasteiger partial charge in [-0.05, 0) is 42.8 Å². The summed E-state index contributed by atoms with van der Waals surface area (Å²) in [6, 6.07) is 14.4. The molecular weight excluding hydrogens is 324 g/mol. The fraction of sp³-hybridized carbons (Fsp3) is 0.0556. The number of anilines is 1. The molecule has 2 aromatic carbocycles. The number of benzene rings is 2. The first-order valence-electron chi connectivity index (χ1n) is 7.29. The van der Waals surface area contributed by atoms with Gasteiger partial charge in [-0.2, -0.15) is 5.10 Å². The molecule has 0 saturated heterocycles. The molecule has 0 aliphatic rings. The number of nitrogens with one attached hydrogen (secondary N) is 1. The van der Waals surface area contributed by atoms with Crippen molar-refractivity contribution in [3.8, 4) is 0 Å². The maximum Gasteiger partial charge on any atom is 0.271 e. The molecule has 1 amide bonds. The second-order valence-electron chi connectivity index (χ2n) is 5.34. The minimum atomic E-state index is -0.327. The Hall–Kier alpha value is -2.92. The SMILES string of the molecule is Cc1cccc2cc(/C=N\NC(=O)c3ccc(N)cc3)c(Cl)nc12. The number of carbonyl (C=O) groups excluding carboxylic acids is 1. The lowest BCUT2D eigenvalue weighted by molar-refractivity contribution is 0.0955. The molecule has 0 spiro atoms. The monoisotopic (exact) mass is 338 g/mol. The Morgan fingerprint density at radius 3 is 2.75 bits per heavy atom. The largest absolute Gasteiger partial charge is 0.399 e. The van der Waals surface area contributed by atoms with Crippen LogP contribution in [0.1, 0.15) is 21.5 Å². The van der Waals surface area contributed by atoms with Gasteiger partial charge < -0.3 is 5.73 Å². The number of hydrogen-bond donors (Lipinski definition) is 2. The maximum absolute atomic E-state index is 12.0. The minimum Gasteiger partial charge on any atom is -0.399 e. The van der Waals surface area contributed by atoms with E-state index in [9.17, 15) is 4.79 Å². The highest BCUT2D eigenvalue weighted by atomic mass is 35.5. The van der Waals surface area contributed by atoms with Crippen molar-refractivity contribution < 1.29 is 4.79 Å². The predicted octanol–water partition coefficient (Wildman–Crippen LogP) is 3.54. The summed E-state index contributed by atoms with van der Waals surface area (Å²) in [6.45, 7) is 1.98. The lowest BCUT2D eigenvalue weighted by Gasteiger charge is -2.04. The van der Waals surface area contributed by atoms with Gasteiger partial charge in [0.05, 0.1) is 11.7 Å². The number of carbonyl (C=O) groups is 1. The molecule has 0 unspecified atom stereocenters. The fourth-order valence-electron chi connectivity index (χ4n) is 2.29. The van der Waals surface area contributed by atoms with Crippen LogP contribution in [0.2, 0.25) is 5.15 Å². The van der Waals surface area contributed by atoms with E-state index in [1.54, 1.807) is 24.3 Å². The summed E-state index contributed by atoms with van der Waals surface area (Å²) in [5.74, 6) is -0.327. The van der Waals surface area contributed by atoms with E-state index in [4.69, 9.17) is 17.3 Å². The van der Waals surface area contributed by atoms with E-state index < -0.39 is 0 Å². The molecule has 1 aromatic heterocycles. The van der Waals surface area contributed by atoms with Gasteiger partial charge in [0.2, 0.25) is 0 Å². The number of hydrazone groups is 1. The van der Waals surface area contributed by atoms with Crippen molar-refractivity contribution >= 4 is 40.3 Å². The minimum absolute atomic E-state index is 0.327. The molecule has 0 radical (unpaired) electrons. The van der Waals surface area contributed by atoms with Crippen molar-refractivity contribution in [2.24, 2.45) is 5.10 Å². The van der Waals surface area contributed by atoms with Crippen LogP contribution in [0.5, 0.6) is 0 Å². The second kappa shape index (κ2) is 6.68. The molecule has 120 valence electrons. The summed E-state index contributed by atoms with van der Waals surface area (Å²) in [5, 5.41) is 5.25. The molecule has 24 heavy (non-hydrogen) atoms. The number of pyridine rings is 1. The van der Waals surface area contributed by atoms with Crippen LogP contribution in [0.15, 0.2) is 53.6 Å². The molecule has 0 fully saturated rings. The van der Waals surface area contributed by atoms with Crippen molar-refractivity contribution in [2.45, 2.75) is 6.92 Å². The summed E-state index contributed by atoms with van der Waals surface area (Å²) in [4.78, 5) is 16.4. The van der Waals surface area contributed by atoms with Crippen LogP contribution in [-0.2, 0) is 0 Å². The Labute approximate surface area is 144 Å². The number of halogens is 1. The van der Waals surface area contributed by atoms with Crippen LogP contribution >= 0.6 is 11.6 Å². The molecule has 5 nitrogen and oxygen atoms in total. The Kier molecular flexibility index (Phi) is 4.44. The highest BCUT2D eigenvalue weighted by Gasteiger charge is 2.06. The lowest BCUT2D eigenvalue weighted by atomic mass is 10.1. The van der Waals surface area contributed by atoms with Gasteiger partial charge in [0.1, 0.15) is 5.15 Å². The van der Waals surface area contributed by atoms with E-state index in [0.29, 0.717) is 22.0 Å². The van der Waals surface area contributed by atoms with Crippen molar-refractivity contribution in [1.82, 2.24) is 10.4 Å². The number of nitrogens with zero attached hydrogens (tertiary/aromatic N) is 2. The number of aryl methyl sites for hydroxylation is 1.